The van der Waals surface area contributed by atoms with Gasteiger partial charge in [-0.05, 0) is 25.8 Å². The summed E-state index contributed by atoms with van der Waals surface area (Å²) in [7, 11) is 0. The molecule has 0 radical (unpaired) electrons. The molecule has 1 saturated heterocycles. The summed E-state index contributed by atoms with van der Waals surface area (Å²) in [4.78, 5) is 0. The second kappa shape index (κ2) is 4.77. The Labute approximate surface area is 103 Å². The fraction of sp³-hybridized carbons (Fsp3) is 0.846. The molecule has 0 aromatic carbocycles. The number of rotatable bonds is 3. The normalized spacial score (nSPS) is 25.8. The van der Waals surface area contributed by atoms with Gasteiger partial charge in [0, 0.05) is 13.0 Å². The SMILES string of the molecule is Cc1nnc(CC2CCCC2)n1C1CCNC1. The molecule has 1 aromatic rings. The maximum Gasteiger partial charge on any atom is 0.133 e. The number of nitrogens with zero attached hydrogens (tertiary/aromatic N) is 3. The average Bonchev–Trinajstić information content (AvgIpc) is 3.01. The highest BCUT2D eigenvalue weighted by Gasteiger charge is 2.24. The minimum absolute atomic E-state index is 0.585. The minimum Gasteiger partial charge on any atom is -0.315 e. The van der Waals surface area contributed by atoms with Crippen molar-refractivity contribution < 1.29 is 0 Å². The summed E-state index contributed by atoms with van der Waals surface area (Å²) in [5, 5.41) is 12.1. The van der Waals surface area contributed by atoms with Gasteiger partial charge in [-0.15, -0.1) is 10.2 Å². The van der Waals surface area contributed by atoms with Crippen molar-refractivity contribution >= 4 is 0 Å². The van der Waals surface area contributed by atoms with Crippen LogP contribution in [-0.4, -0.2) is 27.9 Å². The highest BCUT2D eigenvalue weighted by Crippen LogP contribution is 2.29. The standard InChI is InChI=1S/C13H22N4/c1-10-15-16-13(8-11-4-2-3-5-11)17(10)12-6-7-14-9-12/h11-12,14H,2-9H2,1H3. The Morgan fingerprint density at radius 3 is 2.76 bits per heavy atom. The van der Waals surface area contributed by atoms with Crippen LogP contribution in [0.15, 0.2) is 0 Å². The quantitative estimate of drug-likeness (QED) is 0.868. The smallest absolute Gasteiger partial charge is 0.133 e. The van der Waals surface area contributed by atoms with Crippen molar-refractivity contribution in [3.63, 3.8) is 0 Å². The van der Waals surface area contributed by atoms with Gasteiger partial charge < -0.3 is 9.88 Å². The Balaban J connectivity index is 1.78. The van der Waals surface area contributed by atoms with Crippen LogP contribution >= 0.6 is 0 Å². The van der Waals surface area contributed by atoms with Crippen molar-refractivity contribution in [3.8, 4) is 0 Å². The monoisotopic (exact) mass is 234 g/mol. The lowest BCUT2D eigenvalue weighted by Gasteiger charge is -2.16. The molecule has 2 aliphatic rings. The van der Waals surface area contributed by atoms with Crippen LogP contribution in [0.1, 0.15) is 49.8 Å². The van der Waals surface area contributed by atoms with Gasteiger partial charge in [-0.1, -0.05) is 25.7 Å². The van der Waals surface area contributed by atoms with Crippen LogP contribution in [0.2, 0.25) is 0 Å². The summed E-state index contributed by atoms with van der Waals surface area (Å²) in [6.07, 6.45) is 7.93. The Morgan fingerprint density at radius 2 is 2.06 bits per heavy atom. The average molecular weight is 234 g/mol. The van der Waals surface area contributed by atoms with Gasteiger partial charge >= 0.3 is 0 Å². The third-order valence-corrected chi connectivity index (χ3v) is 4.28. The molecule has 1 atom stereocenters. The van der Waals surface area contributed by atoms with Crippen molar-refractivity contribution in [1.82, 2.24) is 20.1 Å². The van der Waals surface area contributed by atoms with Gasteiger partial charge in [0.05, 0.1) is 6.04 Å². The first-order valence-corrected chi connectivity index (χ1v) is 6.95. The number of hydrogen-bond acceptors (Lipinski definition) is 3. The third kappa shape index (κ3) is 2.23. The van der Waals surface area contributed by atoms with Crippen LogP contribution in [0.5, 0.6) is 0 Å². The molecule has 0 amide bonds. The Hall–Kier alpha value is -0.900. The van der Waals surface area contributed by atoms with Crippen molar-refractivity contribution in [2.45, 2.75) is 51.5 Å². The molecule has 1 aliphatic carbocycles. The van der Waals surface area contributed by atoms with E-state index in [0.29, 0.717) is 6.04 Å². The van der Waals surface area contributed by atoms with E-state index in [4.69, 9.17) is 0 Å². The summed E-state index contributed by atoms with van der Waals surface area (Å²) < 4.78 is 2.39. The molecule has 1 saturated carbocycles. The Bertz CT molecular complexity index is 373. The zero-order chi connectivity index (χ0) is 11.7. The zero-order valence-electron chi connectivity index (χ0n) is 10.7. The fourth-order valence-corrected chi connectivity index (χ4v) is 3.36. The number of aryl methyl sites for hydroxylation is 1. The van der Waals surface area contributed by atoms with Crippen LogP contribution in [0.25, 0.3) is 0 Å². The summed E-state index contributed by atoms with van der Waals surface area (Å²) >= 11 is 0. The molecule has 0 spiro atoms. The molecule has 17 heavy (non-hydrogen) atoms. The van der Waals surface area contributed by atoms with Crippen molar-refractivity contribution in [3.05, 3.63) is 11.6 Å². The van der Waals surface area contributed by atoms with Crippen LogP contribution in [0.4, 0.5) is 0 Å². The first kappa shape index (κ1) is 11.2. The predicted octanol–water partition coefficient (Wildman–Crippen LogP) is 1.85. The molecular weight excluding hydrogens is 212 g/mol. The Kier molecular flexibility index (Phi) is 3.14. The number of nitrogens with one attached hydrogen (secondary N) is 1. The molecule has 94 valence electrons. The highest BCUT2D eigenvalue weighted by atomic mass is 15.3. The van der Waals surface area contributed by atoms with E-state index in [2.05, 4.69) is 27.0 Å². The lowest BCUT2D eigenvalue weighted by atomic mass is 10.0. The molecule has 1 aliphatic heterocycles. The largest absolute Gasteiger partial charge is 0.315 e. The third-order valence-electron chi connectivity index (χ3n) is 4.28. The predicted molar refractivity (Wildman–Crippen MR) is 66.9 cm³/mol. The summed E-state index contributed by atoms with van der Waals surface area (Å²) in [5.41, 5.74) is 0. The van der Waals surface area contributed by atoms with E-state index in [0.717, 1.165) is 31.3 Å². The van der Waals surface area contributed by atoms with Crippen LogP contribution in [0, 0.1) is 12.8 Å². The van der Waals surface area contributed by atoms with Crippen molar-refractivity contribution in [1.29, 1.82) is 0 Å². The van der Waals surface area contributed by atoms with Gasteiger partial charge in [-0.3, -0.25) is 0 Å². The first-order valence-electron chi connectivity index (χ1n) is 6.95. The van der Waals surface area contributed by atoms with E-state index >= 15 is 0 Å². The second-order valence-electron chi connectivity index (χ2n) is 5.53. The van der Waals surface area contributed by atoms with E-state index in [1.807, 2.05) is 0 Å². The maximum atomic E-state index is 4.41. The van der Waals surface area contributed by atoms with Crippen LogP contribution in [-0.2, 0) is 6.42 Å². The van der Waals surface area contributed by atoms with Gasteiger partial charge in [0.1, 0.15) is 11.6 Å². The molecule has 2 fully saturated rings. The fourth-order valence-electron chi connectivity index (χ4n) is 3.36. The number of aromatic nitrogens is 3. The lowest BCUT2D eigenvalue weighted by molar-refractivity contribution is 0.466. The lowest BCUT2D eigenvalue weighted by Crippen LogP contribution is -2.18. The van der Waals surface area contributed by atoms with E-state index in [1.165, 1.54) is 37.9 Å². The first-order chi connectivity index (χ1) is 8.34. The van der Waals surface area contributed by atoms with Crippen LogP contribution in [0.3, 0.4) is 0 Å². The van der Waals surface area contributed by atoms with Gasteiger partial charge in [0.25, 0.3) is 0 Å². The van der Waals surface area contributed by atoms with Gasteiger partial charge in [0.15, 0.2) is 0 Å². The molecule has 1 N–H and O–H groups in total. The second-order valence-corrected chi connectivity index (χ2v) is 5.53. The van der Waals surface area contributed by atoms with E-state index in [1.54, 1.807) is 0 Å². The van der Waals surface area contributed by atoms with Crippen LogP contribution < -0.4 is 5.32 Å². The van der Waals surface area contributed by atoms with Gasteiger partial charge in [-0.2, -0.15) is 0 Å². The Morgan fingerprint density at radius 1 is 1.24 bits per heavy atom. The zero-order valence-corrected chi connectivity index (χ0v) is 10.7. The molecule has 1 aromatic heterocycles. The summed E-state index contributed by atoms with van der Waals surface area (Å²) in [5.74, 6) is 3.17. The molecule has 1 unspecified atom stereocenters. The molecule has 0 bridgehead atoms. The summed E-state index contributed by atoms with van der Waals surface area (Å²) in [6, 6.07) is 0.585. The molecule has 2 heterocycles. The van der Waals surface area contributed by atoms with Gasteiger partial charge in [-0.25, -0.2) is 0 Å². The van der Waals surface area contributed by atoms with Crippen molar-refractivity contribution in [2.75, 3.05) is 13.1 Å². The topological polar surface area (TPSA) is 42.7 Å². The maximum absolute atomic E-state index is 4.41. The number of hydrogen-bond donors (Lipinski definition) is 1. The van der Waals surface area contributed by atoms with E-state index in [-0.39, 0.29) is 0 Å². The molecule has 4 heteroatoms. The molecule has 3 rings (SSSR count). The summed E-state index contributed by atoms with van der Waals surface area (Å²) in [6.45, 7) is 4.30. The van der Waals surface area contributed by atoms with Crippen molar-refractivity contribution in [2.24, 2.45) is 5.92 Å². The van der Waals surface area contributed by atoms with E-state index < -0.39 is 0 Å². The van der Waals surface area contributed by atoms with Gasteiger partial charge in [0.2, 0.25) is 0 Å². The minimum atomic E-state index is 0.585. The highest BCUT2D eigenvalue weighted by molar-refractivity contribution is 5.01. The molecule has 4 nitrogen and oxygen atoms in total. The van der Waals surface area contributed by atoms with E-state index in [9.17, 15) is 0 Å². The molecular formula is C13H22N4.